The van der Waals surface area contributed by atoms with E-state index in [1.807, 2.05) is 0 Å². The molecule has 0 aromatic rings. The summed E-state index contributed by atoms with van der Waals surface area (Å²) in [5, 5.41) is 5.50. The number of quaternary nitrogens is 2. The molecule has 0 saturated carbocycles. The average Bonchev–Trinajstić information content (AvgIpc) is 2.61. The summed E-state index contributed by atoms with van der Waals surface area (Å²) in [4.78, 5) is 0. The molecule has 0 amide bonds. The zero-order valence-corrected chi connectivity index (χ0v) is 38.5. The summed E-state index contributed by atoms with van der Waals surface area (Å²) >= 11 is 0. The number of hydrogen-bond acceptors (Lipinski definition) is 4. The maximum Gasteiger partial charge on any atom is 1.00 e. The van der Waals surface area contributed by atoms with Gasteiger partial charge in [-0.15, -0.1) is 11.1 Å². The average molecular weight is 772 g/mol. The zero-order valence-electron chi connectivity index (χ0n) is 32.6. The van der Waals surface area contributed by atoms with Crippen molar-refractivity contribution in [1.29, 1.82) is 0 Å². The van der Waals surface area contributed by atoms with E-state index < -0.39 is 52.2 Å². The summed E-state index contributed by atoms with van der Waals surface area (Å²) in [5.74, 6) is 0. The molecule has 1 rings (SSSR count). The van der Waals surface area contributed by atoms with Crippen LogP contribution in [0.1, 0.15) is 47.0 Å². The number of rotatable bonds is 8. The molecule has 0 aromatic heterocycles. The minimum atomic E-state index is -6.47. The van der Waals surface area contributed by atoms with E-state index in [4.69, 9.17) is 5.32 Å². The second-order valence-corrected chi connectivity index (χ2v) is 36.1. The largest absolute Gasteiger partial charge is 1.00 e. The third-order valence-corrected chi connectivity index (χ3v) is 18.0. The van der Waals surface area contributed by atoms with Crippen LogP contribution in [0.25, 0.3) is 5.32 Å². The molecule has 1 saturated heterocycles. The molecule has 0 bridgehead atoms. The fourth-order valence-electron chi connectivity index (χ4n) is 4.22. The van der Waals surface area contributed by atoms with Crippen molar-refractivity contribution in [3.63, 3.8) is 0 Å². The van der Waals surface area contributed by atoms with Gasteiger partial charge in [-0.1, -0.05) is 78.2 Å². The minimum Gasteiger partial charge on any atom is -0.652 e. The Morgan fingerprint density at radius 1 is 0.660 bits per heavy atom. The number of halogens is 6. The van der Waals surface area contributed by atoms with Crippen LogP contribution >= 0.6 is 0 Å². The zero-order chi connectivity index (χ0) is 35.5. The second-order valence-electron chi connectivity index (χ2n) is 15.1. The number of alkyl halides is 6. The van der Waals surface area contributed by atoms with E-state index in [1.54, 1.807) is 0 Å². The van der Waals surface area contributed by atoms with E-state index in [2.05, 4.69) is 103 Å². The normalized spacial score (nSPS) is 16.1. The van der Waals surface area contributed by atoms with Crippen molar-refractivity contribution >= 4 is 53.7 Å². The Labute approximate surface area is 336 Å². The van der Waals surface area contributed by atoms with E-state index in [9.17, 15) is 43.2 Å². The van der Waals surface area contributed by atoms with Gasteiger partial charge in [0, 0.05) is 0 Å². The van der Waals surface area contributed by atoms with Gasteiger partial charge in [0.15, 0.2) is 0 Å². The van der Waals surface area contributed by atoms with Crippen LogP contribution in [0.3, 0.4) is 0 Å². The van der Waals surface area contributed by atoms with E-state index in [0.29, 0.717) is 0 Å². The van der Waals surface area contributed by atoms with Crippen LogP contribution in [-0.4, -0.2) is 85.3 Å². The molecule has 23 heteroatoms. The van der Waals surface area contributed by atoms with Crippen molar-refractivity contribution in [1.82, 2.24) is 0 Å². The van der Waals surface area contributed by atoms with Crippen LogP contribution in [0.5, 0.6) is 0 Å². The smallest absolute Gasteiger partial charge is 0.652 e. The van der Waals surface area contributed by atoms with Gasteiger partial charge in [0.2, 0.25) is 0 Å². The molecule has 1 fully saturated rings. The third kappa shape index (κ3) is 38.2. The Hall–Kier alpha value is 2.62. The molecule has 0 spiro atoms. The van der Waals surface area contributed by atoms with Crippen molar-refractivity contribution in [2.45, 2.75) is 135 Å². The molecule has 0 radical (unpaired) electrons. The summed E-state index contributed by atoms with van der Waals surface area (Å²) in [6, 6.07) is 0. The number of nitrogens with two attached hydrogens (primary N) is 2. The number of nitrogens with zero attached hydrogens (tertiary/aromatic N) is 1. The van der Waals surface area contributed by atoms with Crippen LogP contribution in [0.2, 0.25) is 65.5 Å². The first-order chi connectivity index (χ1) is 18.5. The van der Waals surface area contributed by atoms with Gasteiger partial charge in [0.05, 0.1) is 29.9 Å². The van der Waals surface area contributed by atoms with Crippen LogP contribution in [0, 0.1) is 5.08 Å². The Morgan fingerprint density at radius 2 is 0.915 bits per heavy atom. The van der Waals surface area contributed by atoms with Gasteiger partial charge in [0.1, 0.15) is 19.7 Å². The summed E-state index contributed by atoms with van der Waals surface area (Å²) in [5.41, 5.74) is -11.7. The first-order valence-corrected chi connectivity index (χ1v) is 30.9. The Bertz CT molecular complexity index is 954. The van der Waals surface area contributed by atoms with Gasteiger partial charge in [-0.3, -0.25) is 16.8 Å². The first kappa shape index (κ1) is 64.6. The molecule has 1 aliphatic heterocycles. The molecule has 4 N–H and O–H groups in total. The molecule has 0 atom stereocenters. The maximum absolute atomic E-state index is 11.5. The summed E-state index contributed by atoms with van der Waals surface area (Å²) < 4.78 is 112. The minimum absolute atomic E-state index is 0. The van der Waals surface area contributed by atoms with Gasteiger partial charge >= 0.3 is 86.5 Å². The van der Waals surface area contributed by atoms with E-state index in [0.717, 1.165) is 0 Å². The summed E-state index contributed by atoms with van der Waals surface area (Å²) in [6.07, 6.45) is 6.76. The Balaban J connectivity index is -0.0000000903. The maximum atomic E-state index is 11.5. The Morgan fingerprint density at radius 3 is 1.04 bits per heavy atom. The number of sulfone groups is 2. The molecule has 1 heterocycles. The SMILES string of the molecule is CC1(C)CCCC(C)(C)[N-]1.C[SiH](C)C[NH2+]C[SiH](C)C.C[Si](C)(C)[NH2+][Si](C)(C)C.O=S(=O)([CH-]S(=O)(=O)C(F)(F)F)C(F)(F)F.[Li+].[Li+].[Li+].[Li+]. The Kier molecular flexibility index (Phi) is 35.2. The van der Waals surface area contributed by atoms with Gasteiger partial charge in [0.25, 0.3) is 16.5 Å². The van der Waals surface area contributed by atoms with Crippen molar-refractivity contribution in [3.05, 3.63) is 10.4 Å². The summed E-state index contributed by atoms with van der Waals surface area (Å²) in [6.45, 7) is 33.0. The molecule has 0 aliphatic carbocycles. The second kappa shape index (κ2) is 25.6. The molecule has 0 aromatic carbocycles. The van der Waals surface area contributed by atoms with Crippen LogP contribution in [0.4, 0.5) is 26.3 Å². The van der Waals surface area contributed by atoms with Crippen LogP contribution < -0.4 is 85.4 Å². The molecule has 47 heavy (non-hydrogen) atoms. The first-order valence-electron chi connectivity index (χ1n) is 14.4. The predicted octanol–water partition coefficient (Wildman–Crippen LogP) is -7.09. The number of piperidine rings is 1. The van der Waals surface area contributed by atoms with Crippen molar-refractivity contribution in [2.75, 3.05) is 12.3 Å². The topological polar surface area (TPSA) is 116 Å². The molecule has 1 aliphatic rings. The number of hydrogen-bond donors (Lipinski definition) is 2. The van der Waals surface area contributed by atoms with Gasteiger partial charge < -0.3 is 15.3 Å². The van der Waals surface area contributed by atoms with Gasteiger partial charge in [-0.2, -0.15) is 26.3 Å². The predicted molar refractivity (Wildman–Crippen MR) is 178 cm³/mol. The fraction of sp³-hybridized carbons (Fsp3) is 0.958. The van der Waals surface area contributed by atoms with Crippen LogP contribution in [-0.2, 0) is 19.7 Å². The van der Waals surface area contributed by atoms with Gasteiger partial charge in [-0.05, 0) is 39.3 Å². The van der Waals surface area contributed by atoms with Gasteiger partial charge in [-0.25, -0.2) is 0 Å². The van der Waals surface area contributed by atoms with E-state index >= 15 is 0 Å². The third-order valence-electron chi connectivity index (χ3n) is 5.22. The summed E-state index contributed by atoms with van der Waals surface area (Å²) in [7, 11) is -15.2. The fourth-order valence-corrected chi connectivity index (χ4v) is 18.9. The quantitative estimate of drug-likeness (QED) is 0.145. The molecular weight excluding hydrogens is 713 g/mol. The molecule has 7 nitrogen and oxygen atoms in total. The molecule has 264 valence electrons. The van der Waals surface area contributed by atoms with E-state index in [-0.39, 0.29) is 104 Å². The van der Waals surface area contributed by atoms with Crippen molar-refractivity contribution in [2.24, 2.45) is 0 Å². The molecular formula is C24H59F6Li4N3O4S2Si4+4. The van der Waals surface area contributed by atoms with E-state index in [1.165, 1.54) is 31.6 Å². The van der Waals surface area contributed by atoms with Crippen molar-refractivity contribution < 1.29 is 129 Å². The standard InChI is InChI=1S/C9H18N.C6H20NSi2.C6H19NSi2.C3HF6O4S2.4Li/c1-8(2)6-5-7-9(3,4)10-8;1-8(2,3)7-9(4,5)6;1-8(2)5-7-6-9(3)4;4-2(5,6)14(10,11)1-15(12,13)3(7,8)9;;;;/h5-7H2,1-4H3;7H2,1-6H3;7-9H,5-6H2,1-4H3;1H;;;;/q-1;+1;;-1;4*+1/p+1. The van der Waals surface area contributed by atoms with Crippen LogP contribution in [0.15, 0.2) is 0 Å². The molecule has 0 unspecified atom stereocenters. The monoisotopic (exact) mass is 771 g/mol. The van der Waals surface area contributed by atoms with Crippen molar-refractivity contribution in [3.8, 4) is 0 Å².